The van der Waals surface area contributed by atoms with Crippen LogP contribution in [0.15, 0.2) is 45.3 Å². The van der Waals surface area contributed by atoms with Crippen LogP contribution in [-0.2, 0) is 12.8 Å². The Morgan fingerprint density at radius 1 is 0.431 bits per heavy atom. The molecule has 4 heterocycles. The Labute approximate surface area is 364 Å². The second-order valence-corrected chi connectivity index (χ2v) is 19.1. The molecule has 0 radical (unpaired) electrons. The molecule has 0 aliphatic rings. The number of halogens is 10. The minimum Gasteiger partial charge on any atom is -0.202 e. The summed E-state index contributed by atoms with van der Waals surface area (Å²) in [5.74, 6) is -2.36. The van der Waals surface area contributed by atoms with E-state index in [1.165, 1.54) is 22.7 Å². The molecular formula is C44H32Br2F8S4. The molecule has 6 rings (SSSR count). The number of hydrogen-bond acceptors (Lipinski definition) is 4. The number of aryl methyl sites for hydroxylation is 2. The van der Waals surface area contributed by atoms with Crippen LogP contribution in [0, 0.1) is 70.2 Å². The molecule has 2 aromatic carbocycles. The summed E-state index contributed by atoms with van der Waals surface area (Å²) in [6, 6.07) is 11.8. The van der Waals surface area contributed by atoms with E-state index in [9.17, 15) is 35.1 Å². The SMILES string of the molecule is CCCCCCc1cc(C#Cc2c(F)c(F)c(Br)c(F)c2F)sc1-c1ccc(-c2ccc(-c3sc(C#Cc4c(F)c(F)c(Br)c(F)c4F)cc3CCCCCC)s2)s1. The van der Waals surface area contributed by atoms with Gasteiger partial charge in [0.15, 0.2) is 46.5 Å². The van der Waals surface area contributed by atoms with Crippen molar-refractivity contribution in [2.45, 2.75) is 78.1 Å². The van der Waals surface area contributed by atoms with Crippen molar-refractivity contribution in [1.82, 2.24) is 0 Å². The summed E-state index contributed by atoms with van der Waals surface area (Å²) < 4.78 is 113. The molecule has 0 bridgehead atoms. The van der Waals surface area contributed by atoms with Crippen LogP contribution < -0.4 is 0 Å². The summed E-state index contributed by atoms with van der Waals surface area (Å²) in [5.41, 5.74) is 0.0923. The van der Waals surface area contributed by atoms with Crippen LogP contribution >= 0.6 is 77.2 Å². The monoisotopic (exact) mass is 998 g/mol. The van der Waals surface area contributed by atoms with Crippen LogP contribution in [0.1, 0.15) is 97.2 Å². The molecule has 0 saturated heterocycles. The number of hydrogen-bond donors (Lipinski definition) is 0. The Morgan fingerprint density at radius 3 is 1.12 bits per heavy atom. The van der Waals surface area contributed by atoms with Crippen molar-refractivity contribution >= 4 is 77.2 Å². The third-order valence-corrected chi connectivity index (χ3v) is 15.5. The highest BCUT2D eigenvalue weighted by molar-refractivity contribution is 9.10. The van der Waals surface area contributed by atoms with E-state index in [0.29, 0.717) is 9.75 Å². The molecule has 0 nitrogen and oxygen atoms in total. The standard InChI is InChI=1S/C44H32Br2F8S4/c1-3-5-7-9-11-23-21-25(13-15-27-35(47)39(51)33(45)40(52)36(27)48)55-43(23)31-19-17-29(57-31)30-18-20-32(58-30)44-24(12-10-8-6-4-2)22-26(56-44)14-16-28-37(49)41(53)34(46)42(54)38(28)50/h17-22H,3-12H2,1-2H3. The van der Waals surface area contributed by atoms with Gasteiger partial charge in [-0.25, -0.2) is 35.1 Å². The lowest BCUT2D eigenvalue weighted by Crippen LogP contribution is -2.01. The third kappa shape index (κ3) is 9.69. The Morgan fingerprint density at radius 2 is 0.776 bits per heavy atom. The number of rotatable bonds is 13. The first kappa shape index (κ1) is 44.3. The van der Waals surface area contributed by atoms with E-state index in [1.807, 2.05) is 36.4 Å². The predicted molar refractivity (Wildman–Crippen MR) is 230 cm³/mol. The average molecular weight is 1000 g/mol. The largest absolute Gasteiger partial charge is 0.202 e. The number of thiophene rings is 4. The molecule has 0 saturated carbocycles. The fourth-order valence-electron chi connectivity index (χ4n) is 6.12. The van der Waals surface area contributed by atoms with E-state index >= 15 is 0 Å². The summed E-state index contributed by atoms with van der Waals surface area (Å²) in [6.07, 6.45) is 9.71. The quantitative estimate of drug-likeness (QED) is 0.0356. The summed E-state index contributed by atoms with van der Waals surface area (Å²) in [4.78, 5) is 6.85. The van der Waals surface area contributed by atoms with E-state index in [2.05, 4.69) is 69.4 Å². The van der Waals surface area contributed by atoms with Crippen LogP contribution in [0.25, 0.3) is 29.3 Å². The smallest absolute Gasteiger partial charge is 0.178 e. The minimum atomic E-state index is -1.57. The van der Waals surface area contributed by atoms with Crippen LogP contribution in [0.3, 0.4) is 0 Å². The van der Waals surface area contributed by atoms with Gasteiger partial charge in [-0.2, -0.15) is 0 Å². The fourth-order valence-corrected chi connectivity index (χ4v) is 11.3. The van der Waals surface area contributed by atoms with Crippen molar-refractivity contribution < 1.29 is 35.1 Å². The molecule has 14 heteroatoms. The molecule has 302 valence electrons. The highest BCUT2D eigenvalue weighted by Gasteiger charge is 2.25. The van der Waals surface area contributed by atoms with Crippen LogP contribution in [0.5, 0.6) is 0 Å². The van der Waals surface area contributed by atoms with Gasteiger partial charge in [0.25, 0.3) is 0 Å². The Bertz CT molecular complexity index is 2360. The fraction of sp³-hybridized carbons (Fsp3) is 0.273. The topological polar surface area (TPSA) is 0 Å². The lowest BCUT2D eigenvalue weighted by molar-refractivity contribution is 0.443. The first-order valence-electron chi connectivity index (χ1n) is 18.4. The molecule has 0 N–H and O–H groups in total. The third-order valence-electron chi connectivity index (χ3n) is 9.16. The zero-order valence-corrected chi connectivity index (χ0v) is 37.4. The number of benzene rings is 2. The Hall–Kier alpha value is -3.24. The van der Waals surface area contributed by atoms with Crippen LogP contribution in [-0.4, -0.2) is 0 Å². The van der Waals surface area contributed by atoms with Gasteiger partial charge >= 0.3 is 0 Å². The van der Waals surface area contributed by atoms with Gasteiger partial charge in [0.05, 0.1) is 18.7 Å². The molecule has 0 fully saturated rings. The van der Waals surface area contributed by atoms with Crippen molar-refractivity contribution in [2.75, 3.05) is 0 Å². The first-order valence-corrected chi connectivity index (χ1v) is 23.2. The molecule has 0 spiro atoms. The summed E-state index contributed by atoms with van der Waals surface area (Å²) >= 11 is 10.9. The average Bonchev–Trinajstić information content (AvgIpc) is 4.05. The summed E-state index contributed by atoms with van der Waals surface area (Å²) in [5, 5.41) is 0. The van der Waals surface area contributed by atoms with Gasteiger partial charge in [-0.05, 0) is 105 Å². The molecule has 0 aliphatic heterocycles. The van der Waals surface area contributed by atoms with E-state index in [-0.39, 0.29) is 0 Å². The van der Waals surface area contributed by atoms with E-state index < -0.39 is 66.6 Å². The maximum Gasteiger partial charge on any atom is 0.178 e. The van der Waals surface area contributed by atoms with E-state index in [0.717, 1.165) is 105 Å². The summed E-state index contributed by atoms with van der Waals surface area (Å²) in [7, 11) is 0. The summed E-state index contributed by atoms with van der Waals surface area (Å²) in [6.45, 7) is 4.25. The van der Waals surface area contributed by atoms with Gasteiger partial charge in [-0.15, -0.1) is 45.3 Å². The lowest BCUT2D eigenvalue weighted by Gasteiger charge is -2.03. The van der Waals surface area contributed by atoms with Crippen LogP contribution in [0.4, 0.5) is 35.1 Å². The van der Waals surface area contributed by atoms with Crippen LogP contribution in [0.2, 0.25) is 0 Å². The minimum absolute atomic E-state index is 0.500. The molecule has 6 aromatic rings. The molecular weight excluding hydrogens is 969 g/mol. The number of unbranched alkanes of at least 4 members (excludes halogenated alkanes) is 6. The van der Waals surface area contributed by atoms with Crippen molar-refractivity contribution in [3.8, 4) is 52.9 Å². The maximum atomic E-state index is 14.6. The van der Waals surface area contributed by atoms with Gasteiger partial charge < -0.3 is 0 Å². The maximum absolute atomic E-state index is 14.6. The molecule has 0 amide bonds. The van der Waals surface area contributed by atoms with Crippen molar-refractivity contribution in [2.24, 2.45) is 0 Å². The van der Waals surface area contributed by atoms with E-state index in [1.54, 1.807) is 22.7 Å². The molecule has 4 aromatic heterocycles. The molecule has 0 atom stereocenters. The normalized spacial score (nSPS) is 11.2. The molecule has 0 aliphatic carbocycles. The van der Waals surface area contributed by atoms with Crippen molar-refractivity contribution in [1.29, 1.82) is 0 Å². The van der Waals surface area contributed by atoms with Gasteiger partial charge in [-0.3, -0.25) is 0 Å². The Balaban J connectivity index is 1.31. The highest BCUT2D eigenvalue weighted by Crippen LogP contribution is 2.45. The molecule has 0 unspecified atom stereocenters. The van der Waals surface area contributed by atoms with Gasteiger partial charge in [0.2, 0.25) is 0 Å². The zero-order valence-electron chi connectivity index (χ0n) is 30.9. The zero-order chi connectivity index (χ0) is 41.7. The van der Waals surface area contributed by atoms with E-state index in [4.69, 9.17) is 0 Å². The van der Waals surface area contributed by atoms with Gasteiger partial charge in [-0.1, -0.05) is 76.1 Å². The Kier molecular flexibility index (Phi) is 15.2. The van der Waals surface area contributed by atoms with Crippen molar-refractivity contribution in [3.63, 3.8) is 0 Å². The predicted octanol–water partition coefficient (Wildman–Crippen LogP) is 16.6. The van der Waals surface area contributed by atoms with Gasteiger partial charge in [0.1, 0.15) is 11.1 Å². The lowest BCUT2D eigenvalue weighted by atomic mass is 10.1. The molecule has 58 heavy (non-hydrogen) atoms. The van der Waals surface area contributed by atoms with Gasteiger partial charge in [0, 0.05) is 29.3 Å². The van der Waals surface area contributed by atoms with Crippen molar-refractivity contribution in [3.05, 3.63) is 124 Å². The highest BCUT2D eigenvalue weighted by atomic mass is 79.9. The first-order chi connectivity index (χ1) is 27.8. The second-order valence-electron chi connectivity index (χ2n) is 13.3. The second kappa shape index (κ2) is 19.9.